The van der Waals surface area contributed by atoms with E-state index in [1.54, 1.807) is 7.11 Å². The quantitative estimate of drug-likeness (QED) is 0.840. The van der Waals surface area contributed by atoms with Crippen molar-refractivity contribution in [1.29, 1.82) is 0 Å². The van der Waals surface area contributed by atoms with Gasteiger partial charge in [0.25, 0.3) is 5.91 Å². The van der Waals surface area contributed by atoms with Crippen LogP contribution >= 0.6 is 0 Å². The van der Waals surface area contributed by atoms with Gasteiger partial charge >= 0.3 is 0 Å². The molecule has 0 saturated carbocycles. The first-order valence-electron chi connectivity index (χ1n) is 6.98. The first-order valence-corrected chi connectivity index (χ1v) is 6.98. The molecule has 0 saturated heterocycles. The Labute approximate surface area is 121 Å². The van der Waals surface area contributed by atoms with Crippen LogP contribution in [-0.4, -0.2) is 25.1 Å². The van der Waals surface area contributed by atoms with E-state index in [1.807, 2.05) is 32.0 Å². The van der Waals surface area contributed by atoms with Gasteiger partial charge in [-0.3, -0.25) is 4.79 Å². The zero-order chi connectivity index (χ0) is 15.3. The van der Waals surface area contributed by atoms with E-state index in [-0.39, 0.29) is 5.91 Å². The van der Waals surface area contributed by atoms with Crippen molar-refractivity contribution in [3.05, 3.63) is 29.3 Å². The highest BCUT2D eigenvalue weighted by atomic mass is 16.5. The molecular formula is C16H26N2O2. The number of carbonyl (C=O) groups is 1. The number of nitrogens with one attached hydrogen (secondary N) is 1. The Morgan fingerprint density at radius 3 is 2.60 bits per heavy atom. The van der Waals surface area contributed by atoms with Crippen LogP contribution in [0.5, 0.6) is 5.75 Å². The highest BCUT2D eigenvalue weighted by Crippen LogP contribution is 2.22. The minimum absolute atomic E-state index is 0.140. The molecule has 0 radical (unpaired) electrons. The molecule has 0 aromatic heterocycles. The van der Waals surface area contributed by atoms with E-state index >= 15 is 0 Å². The standard InChI is InChI=1S/C16H26N2O2/c1-11(2)9-16(4,10-17)18-15(19)13-8-12(3)6-7-14(13)20-5/h6-8,11H,9-10,17H2,1-5H3,(H,18,19). The lowest BCUT2D eigenvalue weighted by atomic mass is 9.90. The summed E-state index contributed by atoms with van der Waals surface area (Å²) >= 11 is 0. The van der Waals surface area contributed by atoms with Crippen LogP contribution in [0.25, 0.3) is 0 Å². The number of methoxy groups -OCH3 is 1. The number of hydrogen-bond acceptors (Lipinski definition) is 3. The van der Waals surface area contributed by atoms with E-state index in [1.165, 1.54) is 0 Å². The second-order valence-electron chi connectivity index (χ2n) is 6.02. The Morgan fingerprint density at radius 2 is 2.10 bits per heavy atom. The van der Waals surface area contributed by atoms with Gasteiger partial charge < -0.3 is 15.8 Å². The first kappa shape index (κ1) is 16.5. The van der Waals surface area contributed by atoms with Crippen LogP contribution < -0.4 is 15.8 Å². The maximum Gasteiger partial charge on any atom is 0.255 e. The van der Waals surface area contributed by atoms with E-state index in [9.17, 15) is 4.79 Å². The molecule has 1 aromatic rings. The predicted octanol–water partition coefficient (Wildman–Crippen LogP) is 2.50. The van der Waals surface area contributed by atoms with Crippen molar-refractivity contribution >= 4 is 5.91 Å². The highest BCUT2D eigenvalue weighted by Gasteiger charge is 2.27. The Balaban J connectivity index is 2.97. The largest absolute Gasteiger partial charge is 0.496 e. The Hall–Kier alpha value is -1.55. The van der Waals surface area contributed by atoms with Gasteiger partial charge in [-0.25, -0.2) is 0 Å². The van der Waals surface area contributed by atoms with Crippen molar-refractivity contribution < 1.29 is 9.53 Å². The number of ether oxygens (including phenoxy) is 1. The van der Waals surface area contributed by atoms with E-state index in [0.29, 0.717) is 23.8 Å². The molecule has 4 nitrogen and oxygen atoms in total. The van der Waals surface area contributed by atoms with Crippen LogP contribution in [0.3, 0.4) is 0 Å². The van der Waals surface area contributed by atoms with Crippen LogP contribution in [0.15, 0.2) is 18.2 Å². The minimum atomic E-state index is -0.403. The van der Waals surface area contributed by atoms with Gasteiger partial charge in [-0.05, 0) is 38.3 Å². The summed E-state index contributed by atoms with van der Waals surface area (Å²) in [6.07, 6.45) is 0.837. The predicted molar refractivity (Wildman–Crippen MR) is 82.1 cm³/mol. The number of aryl methyl sites for hydroxylation is 1. The van der Waals surface area contributed by atoms with E-state index < -0.39 is 5.54 Å². The summed E-state index contributed by atoms with van der Waals surface area (Å²) in [5.41, 5.74) is 7.01. The molecule has 1 amide bonds. The van der Waals surface area contributed by atoms with Gasteiger partial charge in [0.2, 0.25) is 0 Å². The lowest BCUT2D eigenvalue weighted by Crippen LogP contribution is -2.52. The fraction of sp³-hybridized carbons (Fsp3) is 0.562. The second-order valence-corrected chi connectivity index (χ2v) is 6.02. The maximum absolute atomic E-state index is 12.5. The third-order valence-corrected chi connectivity index (χ3v) is 3.32. The van der Waals surface area contributed by atoms with Crippen LogP contribution in [0.4, 0.5) is 0 Å². The van der Waals surface area contributed by atoms with Gasteiger partial charge in [-0.2, -0.15) is 0 Å². The molecule has 1 unspecified atom stereocenters. The summed E-state index contributed by atoms with van der Waals surface area (Å²) in [6, 6.07) is 5.57. The average molecular weight is 278 g/mol. The number of nitrogens with two attached hydrogens (primary N) is 1. The summed E-state index contributed by atoms with van der Waals surface area (Å²) in [5.74, 6) is 0.902. The van der Waals surface area contributed by atoms with Gasteiger partial charge in [0, 0.05) is 12.1 Å². The van der Waals surface area contributed by atoms with Gasteiger partial charge in [0.05, 0.1) is 12.7 Å². The number of rotatable bonds is 6. The van der Waals surface area contributed by atoms with E-state index in [2.05, 4.69) is 19.2 Å². The molecule has 0 aliphatic heterocycles. The fourth-order valence-electron chi connectivity index (χ4n) is 2.43. The Kier molecular flexibility index (Phi) is 5.57. The summed E-state index contributed by atoms with van der Waals surface area (Å²) in [7, 11) is 1.57. The van der Waals surface area contributed by atoms with E-state index in [4.69, 9.17) is 10.5 Å². The highest BCUT2D eigenvalue weighted by molar-refractivity contribution is 5.97. The molecular weight excluding hydrogens is 252 g/mol. The molecule has 112 valence electrons. The Bertz CT molecular complexity index is 472. The topological polar surface area (TPSA) is 64.3 Å². The number of hydrogen-bond donors (Lipinski definition) is 2. The van der Waals surface area contributed by atoms with Crippen molar-refractivity contribution in [2.45, 2.75) is 39.7 Å². The normalized spacial score (nSPS) is 13.9. The van der Waals surface area contributed by atoms with Gasteiger partial charge in [0.1, 0.15) is 5.75 Å². The van der Waals surface area contributed by atoms with Crippen LogP contribution in [0, 0.1) is 12.8 Å². The monoisotopic (exact) mass is 278 g/mol. The van der Waals surface area contributed by atoms with Crippen LogP contribution in [0.1, 0.15) is 43.1 Å². The molecule has 3 N–H and O–H groups in total. The second kappa shape index (κ2) is 6.75. The molecule has 0 spiro atoms. The van der Waals surface area contributed by atoms with Crippen molar-refractivity contribution in [1.82, 2.24) is 5.32 Å². The summed E-state index contributed by atoms with van der Waals surface area (Å²) in [6.45, 7) is 8.57. The summed E-state index contributed by atoms with van der Waals surface area (Å²) in [5, 5.41) is 3.05. The van der Waals surface area contributed by atoms with Crippen molar-refractivity contribution in [2.75, 3.05) is 13.7 Å². The average Bonchev–Trinajstić information content (AvgIpc) is 2.37. The van der Waals surface area contributed by atoms with Gasteiger partial charge in [0.15, 0.2) is 0 Å². The van der Waals surface area contributed by atoms with Crippen molar-refractivity contribution in [2.24, 2.45) is 11.7 Å². The summed E-state index contributed by atoms with van der Waals surface area (Å²) < 4.78 is 5.26. The molecule has 20 heavy (non-hydrogen) atoms. The minimum Gasteiger partial charge on any atom is -0.496 e. The SMILES string of the molecule is COc1ccc(C)cc1C(=O)NC(C)(CN)CC(C)C. The molecule has 1 rings (SSSR count). The zero-order valence-electron chi connectivity index (χ0n) is 13.1. The maximum atomic E-state index is 12.5. The van der Waals surface area contributed by atoms with E-state index in [0.717, 1.165) is 12.0 Å². The van der Waals surface area contributed by atoms with Crippen LogP contribution in [0.2, 0.25) is 0 Å². The molecule has 4 heteroatoms. The molecule has 0 fully saturated rings. The fourth-order valence-corrected chi connectivity index (χ4v) is 2.43. The number of amides is 1. The summed E-state index contributed by atoms with van der Waals surface area (Å²) in [4.78, 5) is 12.5. The first-order chi connectivity index (χ1) is 9.31. The molecule has 0 aliphatic carbocycles. The smallest absolute Gasteiger partial charge is 0.255 e. The van der Waals surface area contributed by atoms with Crippen LogP contribution in [-0.2, 0) is 0 Å². The third kappa shape index (κ3) is 4.23. The molecule has 0 bridgehead atoms. The lowest BCUT2D eigenvalue weighted by Gasteiger charge is -2.31. The number of carbonyl (C=O) groups excluding carboxylic acids is 1. The number of benzene rings is 1. The molecule has 0 heterocycles. The lowest BCUT2D eigenvalue weighted by molar-refractivity contribution is 0.0895. The van der Waals surface area contributed by atoms with Gasteiger partial charge in [-0.1, -0.05) is 25.5 Å². The molecule has 1 atom stereocenters. The van der Waals surface area contributed by atoms with Crippen molar-refractivity contribution in [3.63, 3.8) is 0 Å². The molecule has 0 aliphatic rings. The zero-order valence-corrected chi connectivity index (χ0v) is 13.1. The van der Waals surface area contributed by atoms with Gasteiger partial charge in [-0.15, -0.1) is 0 Å². The third-order valence-electron chi connectivity index (χ3n) is 3.32. The van der Waals surface area contributed by atoms with Crippen molar-refractivity contribution in [3.8, 4) is 5.75 Å². The Morgan fingerprint density at radius 1 is 1.45 bits per heavy atom. The molecule has 1 aromatic carbocycles.